The largest absolute Gasteiger partial charge is 0.484 e. The number of carboxylic acids is 1. The molecule has 1 aromatic rings. The van der Waals surface area contributed by atoms with Crippen molar-refractivity contribution in [1.29, 1.82) is 5.26 Å². The molecule has 6 nitrogen and oxygen atoms in total. The van der Waals surface area contributed by atoms with Gasteiger partial charge < -0.3 is 15.2 Å². The van der Waals surface area contributed by atoms with Gasteiger partial charge in [-0.3, -0.25) is 9.59 Å². The summed E-state index contributed by atoms with van der Waals surface area (Å²) in [5.74, 6) is -1.19. The molecule has 1 unspecified atom stereocenters. The summed E-state index contributed by atoms with van der Waals surface area (Å²) < 4.78 is 5.13. The van der Waals surface area contributed by atoms with E-state index >= 15 is 0 Å². The lowest BCUT2D eigenvalue weighted by Gasteiger charge is -2.10. The second-order valence-electron chi connectivity index (χ2n) is 3.55. The van der Waals surface area contributed by atoms with Crippen LogP contribution in [-0.2, 0) is 9.59 Å². The maximum absolute atomic E-state index is 11.3. The predicted octanol–water partition coefficient (Wildman–Crippen LogP) is 0.526. The van der Waals surface area contributed by atoms with Crippen molar-refractivity contribution in [2.24, 2.45) is 0 Å². The smallest absolute Gasteiger partial charge is 0.325 e. The number of nitrogens with one attached hydrogen (secondary N) is 1. The number of carbonyl (C=O) groups excluding carboxylic acids is 1. The Labute approximate surface area is 104 Å². The maximum Gasteiger partial charge on any atom is 0.325 e. The number of aliphatic carboxylic acids is 1. The van der Waals surface area contributed by atoms with Gasteiger partial charge >= 0.3 is 5.97 Å². The van der Waals surface area contributed by atoms with Crippen LogP contribution in [0.15, 0.2) is 24.3 Å². The molecule has 1 rings (SSSR count). The minimum Gasteiger partial charge on any atom is -0.484 e. The first kappa shape index (κ1) is 13.5. The molecule has 0 saturated heterocycles. The highest BCUT2D eigenvalue weighted by molar-refractivity contribution is 5.84. The number of hydrogen-bond acceptors (Lipinski definition) is 4. The molecule has 0 aliphatic rings. The summed E-state index contributed by atoms with van der Waals surface area (Å²) in [6.07, 6.45) is 0. The molecule has 0 aliphatic heterocycles. The Morgan fingerprint density at radius 2 is 2.06 bits per heavy atom. The van der Waals surface area contributed by atoms with E-state index < -0.39 is 17.9 Å². The number of nitrogens with zero attached hydrogens (tertiary/aromatic N) is 1. The van der Waals surface area contributed by atoms with E-state index in [0.29, 0.717) is 11.3 Å². The summed E-state index contributed by atoms with van der Waals surface area (Å²) >= 11 is 0. The molecule has 1 atom stereocenters. The third kappa shape index (κ3) is 4.14. The highest BCUT2D eigenvalue weighted by Crippen LogP contribution is 2.11. The van der Waals surface area contributed by atoms with Gasteiger partial charge in [-0.25, -0.2) is 0 Å². The summed E-state index contributed by atoms with van der Waals surface area (Å²) in [7, 11) is 0. The van der Waals surface area contributed by atoms with Crippen molar-refractivity contribution in [3.63, 3.8) is 0 Å². The Hall–Kier alpha value is -2.55. The molecule has 0 fully saturated rings. The average Bonchev–Trinajstić information content (AvgIpc) is 2.36. The second kappa shape index (κ2) is 6.25. The van der Waals surface area contributed by atoms with Crippen LogP contribution in [-0.4, -0.2) is 29.6 Å². The van der Waals surface area contributed by atoms with Gasteiger partial charge in [0.2, 0.25) is 0 Å². The molecule has 0 spiro atoms. The van der Waals surface area contributed by atoms with Crippen LogP contribution in [0, 0.1) is 11.3 Å². The van der Waals surface area contributed by atoms with Gasteiger partial charge in [-0.1, -0.05) is 0 Å². The lowest BCUT2D eigenvalue weighted by Crippen LogP contribution is -2.40. The summed E-state index contributed by atoms with van der Waals surface area (Å²) in [5, 5.41) is 19.4. The van der Waals surface area contributed by atoms with E-state index in [1.807, 2.05) is 6.07 Å². The summed E-state index contributed by atoms with van der Waals surface area (Å²) in [6.45, 7) is 1.09. The Morgan fingerprint density at radius 1 is 1.44 bits per heavy atom. The molecule has 0 aromatic heterocycles. The average molecular weight is 248 g/mol. The molecule has 1 amide bonds. The Bertz CT molecular complexity index is 476. The number of benzene rings is 1. The minimum atomic E-state index is -1.11. The maximum atomic E-state index is 11.3. The highest BCUT2D eigenvalue weighted by atomic mass is 16.5. The summed E-state index contributed by atoms with van der Waals surface area (Å²) in [6, 6.07) is 7.25. The predicted molar refractivity (Wildman–Crippen MR) is 61.9 cm³/mol. The molecule has 0 heterocycles. The molecular weight excluding hydrogens is 236 g/mol. The van der Waals surface area contributed by atoms with Crippen LogP contribution >= 0.6 is 0 Å². The van der Waals surface area contributed by atoms with Crippen LogP contribution in [0.4, 0.5) is 0 Å². The third-order valence-electron chi connectivity index (χ3n) is 2.10. The fraction of sp³-hybridized carbons (Fsp3) is 0.250. The quantitative estimate of drug-likeness (QED) is 0.791. The second-order valence-corrected chi connectivity index (χ2v) is 3.55. The number of rotatable bonds is 5. The molecular formula is C12H12N2O4. The monoisotopic (exact) mass is 248 g/mol. The van der Waals surface area contributed by atoms with Gasteiger partial charge in [0.1, 0.15) is 11.8 Å². The number of amides is 1. The van der Waals surface area contributed by atoms with Gasteiger partial charge in [0.05, 0.1) is 11.6 Å². The fourth-order valence-corrected chi connectivity index (χ4v) is 1.12. The number of carbonyl (C=O) groups is 2. The fourth-order valence-electron chi connectivity index (χ4n) is 1.12. The zero-order valence-corrected chi connectivity index (χ0v) is 9.71. The van der Waals surface area contributed by atoms with Crippen molar-refractivity contribution in [3.05, 3.63) is 29.8 Å². The van der Waals surface area contributed by atoms with Gasteiger partial charge in [0, 0.05) is 0 Å². The van der Waals surface area contributed by atoms with Crippen LogP contribution in [0.25, 0.3) is 0 Å². The molecule has 6 heteroatoms. The van der Waals surface area contributed by atoms with E-state index in [0.717, 1.165) is 0 Å². The molecule has 0 radical (unpaired) electrons. The molecule has 0 saturated carbocycles. The molecule has 94 valence electrons. The lowest BCUT2D eigenvalue weighted by atomic mass is 10.2. The zero-order chi connectivity index (χ0) is 13.5. The first-order valence-corrected chi connectivity index (χ1v) is 5.18. The molecule has 0 bridgehead atoms. The van der Waals surface area contributed by atoms with Crippen LogP contribution in [0.2, 0.25) is 0 Å². The van der Waals surface area contributed by atoms with Gasteiger partial charge in [0.15, 0.2) is 6.61 Å². The first-order chi connectivity index (χ1) is 8.52. The van der Waals surface area contributed by atoms with E-state index in [1.165, 1.54) is 6.92 Å². The standard InChI is InChI=1S/C12H12N2O4/c1-8(12(16)17)14-11(15)7-18-10-4-2-9(6-13)3-5-10/h2-5,8H,7H2,1H3,(H,14,15)(H,16,17). The normalized spacial score (nSPS) is 11.1. The van der Waals surface area contributed by atoms with Crippen molar-refractivity contribution < 1.29 is 19.4 Å². The minimum absolute atomic E-state index is 0.274. The van der Waals surface area contributed by atoms with E-state index in [9.17, 15) is 9.59 Å². The van der Waals surface area contributed by atoms with Crippen molar-refractivity contribution in [2.75, 3.05) is 6.61 Å². The van der Waals surface area contributed by atoms with E-state index in [-0.39, 0.29) is 6.61 Å². The Balaban J connectivity index is 2.43. The number of carboxylic acid groups (broad SMARTS) is 1. The lowest BCUT2D eigenvalue weighted by molar-refractivity contribution is -0.141. The van der Waals surface area contributed by atoms with E-state index in [1.54, 1.807) is 24.3 Å². The molecule has 2 N–H and O–H groups in total. The van der Waals surface area contributed by atoms with Crippen LogP contribution in [0.5, 0.6) is 5.75 Å². The number of nitriles is 1. The van der Waals surface area contributed by atoms with Crippen LogP contribution in [0.1, 0.15) is 12.5 Å². The van der Waals surface area contributed by atoms with Gasteiger partial charge in [-0.05, 0) is 31.2 Å². The third-order valence-corrected chi connectivity index (χ3v) is 2.10. The van der Waals surface area contributed by atoms with Gasteiger partial charge in [-0.2, -0.15) is 5.26 Å². The van der Waals surface area contributed by atoms with E-state index in [2.05, 4.69) is 5.32 Å². The Kier molecular flexibility index (Phi) is 4.69. The van der Waals surface area contributed by atoms with Crippen molar-refractivity contribution in [2.45, 2.75) is 13.0 Å². The van der Waals surface area contributed by atoms with Crippen molar-refractivity contribution in [3.8, 4) is 11.8 Å². The molecule has 18 heavy (non-hydrogen) atoms. The van der Waals surface area contributed by atoms with Crippen LogP contribution < -0.4 is 10.1 Å². The van der Waals surface area contributed by atoms with Crippen molar-refractivity contribution in [1.82, 2.24) is 5.32 Å². The SMILES string of the molecule is CC(NC(=O)COc1ccc(C#N)cc1)C(=O)O. The molecule has 1 aromatic carbocycles. The van der Waals surface area contributed by atoms with Gasteiger partial charge in [0.25, 0.3) is 5.91 Å². The highest BCUT2D eigenvalue weighted by Gasteiger charge is 2.13. The first-order valence-electron chi connectivity index (χ1n) is 5.18. The Morgan fingerprint density at radius 3 is 2.56 bits per heavy atom. The zero-order valence-electron chi connectivity index (χ0n) is 9.71. The molecule has 0 aliphatic carbocycles. The topological polar surface area (TPSA) is 99.4 Å². The summed E-state index contributed by atoms with van der Waals surface area (Å²) in [4.78, 5) is 21.8. The van der Waals surface area contributed by atoms with E-state index in [4.69, 9.17) is 15.1 Å². The van der Waals surface area contributed by atoms with Gasteiger partial charge in [-0.15, -0.1) is 0 Å². The van der Waals surface area contributed by atoms with Crippen LogP contribution in [0.3, 0.4) is 0 Å². The van der Waals surface area contributed by atoms with Crippen molar-refractivity contribution >= 4 is 11.9 Å². The number of hydrogen-bond donors (Lipinski definition) is 2. The number of ether oxygens (including phenoxy) is 1. The summed E-state index contributed by atoms with van der Waals surface area (Å²) in [5.41, 5.74) is 0.492.